The summed E-state index contributed by atoms with van der Waals surface area (Å²) in [6.45, 7) is 3.81. The zero-order chi connectivity index (χ0) is 22.1. The summed E-state index contributed by atoms with van der Waals surface area (Å²) in [5.74, 6) is 0.204. The van der Waals surface area contributed by atoms with Crippen LogP contribution < -0.4 is 15.5 Å². The first-order valence-corrected chi connectivity index (χ1v) is 11.8. The lowest BCUT2D eigenvalue weighted by Gasteiger charge is -2.37. The number of aromatic nitrogens is 1. The fraction of sp³-hybridized carbons (Fsp3) is 0.458. The first-order chi connectivity index (χ1) is 15.6. The van der Waals surface area contributed by atoms with Gasteiger partial charge in [0, 0.05) is 56.7 Å². The van der Waals surface area contributed by atoms with E-state index in [0.29, 0.717) is 23.7 Å². The average Bonchev–Trinajstić information content (AvgIpc) is 3.53. The lowest BCUT2D eigenvalue weighted by molar-refractivity contribution is -0.117. The van der Waals surface area contributed by atoms with Crippen molar-refractivity contribution in [3.05, 3.63) is 52.8 Å². The molecule has 2 aromatic rings. The zero-order valence-corrected chi connectivity index (χ0v) is 18.8. The van der Waals surface area contributed by atoms with Crippen molar-refractivity contribution in [2.24, 2.45) is 5.92 Å². The highest BCUT2D eigenvalue weighted by Gasteiger charge is 2.33. The van der Waals surface area contributed by atoms with Gasteiger partial charge in [0.2, 0.25) is 5.91 Å². The summed E-state index contributed by atoms with van der Waals surface area (Å²) in [6.07, 6.45) is 7.48. The molecule has 0 spiro atoms. The van der Waals surface area contributed by atoms with E-state index in [4.69, 9.17) is 11.6 Å². The molecule has 1 aliphatic carbocycles. The van der Waals surface area contributed by atoms with Crippen molar-refractivity contribution in [3.63, 3.8) is 0 Å². The predicted molar refractivity (Wildman–Crippen MR) is 125 cm³/mol. The maximum Gasteiger partial charge on any atom is 0.256 e. The summed E-state index contributed by atoms with van der Waals surface area (Å²) in [5.41, 5.74) is 3.24. The Hall–Kier alpha value is -2.64. The molecule has 32 heavy (non-hydrogen) atoms. The number of rotatable bonds is 5. The Kier molecular flexibility index (Phi) is 6.02. The Morgan fingerprint density at radius 2 is 1.94 bits per heavy atom. The molecule has 1 aromatic heterocycles. The normalized spacial score (nSPS) is 21.0. The molecule has 2 N–H and O–H groups in total. The van der Waals surface area contributed by atoms with Crippen molar-refractivity contribution >= 4 is 34.8 Å². The molecule has 2 aliphatic heterocycles. The Morgan fingerprint density at radius 1 is 1.12 bits per heavy atom. The van der Waals surface area contributed by atoms with Crippen LogP contribution in [0.25, 0.3) is 0 Å². The molecule has 3 fully saturated rings. The molecule has 3 heterocycles. The number of pyridine rings is 1. The van der Waals surface area contributed by atoms with Gasteiger partial charge in [0.05, 0.1) is 22.3 Å². The molecular formula is C24H28ClN5O2. The first-order valence-electron chi connectivity index (χ1n) is 11.4. The number of hydrogen-bond acceptors (Lipinski definition) is 5. The van der Waals surface area contributed by atoms with E-state index in [1.54, 1.807) is 12.4 Å². The third-order valence-electron chi connectivity index (χ3n) is 6.56. The molecule has 3 aliphatic rings. The molecule has 0 bridgehead atoms. The smallest absolute Gasteiger partial charge is 0.256 e. The van der Waals surface area contributed by atoms with E-state index in [2.05, 4.69) is 20.5 Å². The monoisotopic (exact) mass is 453 g/mol. The Bertz CT molecular complexity index is 1020. The third-order valence-corrected chi connectivity index (χ3v) is 6.87. The number of piperazine rings is 1. The fourth-order valence-electron chi connectivity index (χ4n) is 4.64. The highest BCUT2D eigenvalue weighted by atomic mass is 35.5. The maximum atomic E-state index is 13.8. The van der Waals surface area contributed by atoms with Crippen LogP contribution in [0.3, 0.4) is 0 Å². The van der Waals surface area contributed by atoms with Gasteiger partial charge in [0.1, 0.15) is 0 Å². The molecule has 1 unspecified atom stereocenters. The number of hydrogen-bond donors (Lipinski definition) is 2. The summed E-state index contributed by atoms with van der Waals surface area (Å²) < 4.78 is 0. The highest BCUT2D eigenvalue weighted by Crippen LogP contribution is 2.35. The minimum absolute atomic E-state index is 0.00801. The molecule has 1 atom stereocenters. The van der Waals surface area contributed by atoms with Gasteiger partial charge in [-0.05, 0) is 55.5 Å². The van der Waals surface area contributed by atoms with Crippen LogP contribution in [0.2, 0.25) is 5.02 Å². The lowest BCUT2D eigenvalue weighted by atomic mass is 10.0. The molecule has 2 saturated heterocycles. The summed E-state index contributed by atoms with van der Waals surface area (Å²) >= 11 is 6.43. The molecule has 1 aromatic carbocycles. The molecular weight excluding hydrogens is 426 g/mol. The first kappa shape index (κ1) is 21.2. The van der Waals surface area contributed by atoms with Gasteiger partial charge in [0.15, 0.2) is 0 Å². The topological polar surface area (TPSA) is 77.6 Å². The standard InChI is InChI=1S/C24H28ClN5O2/c25-20-14-26-8-7-18(20)22-15-27-9-12-30(22)24(32)19-6-5-17(28-23(31)16-3-4-16)13-21(19)29-10-1-2-11-29/h5-8,13-14,16,22,27H,1-4,9-12,15H2,(H,28,31). The Morgan fingerprint density at radius 3 is 2.69 bits per heavy atom. The van der Waals surface area contributed by atoms with E-state index < -0.39 is 0 Å². The Balaban J connectivity index is 1.47. The van der Waals surface area contributed by atoms with E-state index in [1.165, 1.54) is 0 Å². The van der Waals surface area contributed by atoms with Crippen molar-refractivity contribution < 1.29 is 9.59 Å². The summed E-state index contributed by atoms with van der Waals surface area (Å²) in [4.78, 5) is 34.4. The van der Waals surface area contributed by atoms with Crippen LogP contribution in [0.1, 0.15) is 47.6 Å². The van der Waals surface area contributed by atoms with Gasteiger partial charge in [-0.3, -0.25) is 14.6 Å². The molecule has 5 rings (SSSR count). The maximum absolute atomic E-state index is 13.8. The van der Waals surface area contributed by atoms with Crippen LogP contribution in [-0.2, 0) is 4.79 Å². The van der Waals surface area contributed by atoms with E-state index in [-0.39, 0.29) is 23.8 Å². The largest absolute Gasteiger partial charge is 0.371 e. The fourth-order valence-corrected chi connectivity index (χ4v) is 4.88. The SMILES string of the molecule is O=C(Nc1ccc(C(=O)N2CCNCC2c2ccncc2Cl)c(N2CCCC2)c1)C1CC1. The summed E-state index contributed by atoms with van der Waals surface area (Å²) in [7, 11) is 0. The molecule has 2 amide bonds. The number of carbonyl (C=O) groups excluding carboxylic acids is 2. The van der Waals surface area contributed by atoms with Gasteiger partial charge in [-0.15, -0.1) is 0 Å². The third kappa shape index (κ3) is 4.32. The van der Waals surface area contributed by atoms with Crippen LogP contribution in [-0.4, -0.2) is 54.4 Å². The number of amides is 2. The van der Waals surface area contributed by atoms with Crippen LogP contribution in [0.15, 0.2) is 36.7 Å². The zero-order valence-electron chi connectivity index (χ0n) is 18.0. The van der Waals surface area contributed by atoms with Gasteiger partial charge >= 0.3 is 0 Å². The van der Waals surface area contributed by atoms with Gasteiger partial charge in [-0.1, -0.05) is 11.6 Å². The van der Waals surface area contributed by atoms with Gasteiger partial charge in [-0.25, -0.2) is 0 Å². The van der Waals surface area contributed by atoms with Gasteiger partial charge in [-0.2, -0.15) is 0 Å². The lowest BCUT2D eigenvalue weighted by Crippen LogP contribution is -2.49. The van der Waals surface area contributed by atoms with E-state index >= 15 is 0 Å². The molecule has 8 heteroatoms. The highest BCUT2D eigenvalue weighted by molar-refractivity contribution is 6.31. The number of nitrogens with zero attached hydrogens (tertiary/aromatic N) is 3. The minimum atomic E-state index is -0.160. The van der Waals surface area contributed by atoms with E-state index in [9.17, 15) is 9.59 Å². The number of benzene rings is 1. The van der Waals surface area contributed by atoms with Gasteiger partial charge < -0.3 is 20.4 Å². The summed E-state index contributed by atoms with van der Waals surface area (Å²) in [5, 5.41) is 6.98. The number of anilines is 2. The van der Waals surface area contributed by atoms with Crippen LogP contribution in [0.5, 0.6) is 0 Å². The molecule has 0 radical (unpaired) electrons. The summed E-state index contributed by atoms with van der Waals surface area (Å²) in [6, 6.07) is 7.41. The Labute approximate surface area is 193 Å². The van der Waals surface area contributed by atoms with Crippen molar-refractivity contribution in [2.75, 3.05) is 42.9 Å². The van der Waals surface area contributed by atoms with Gasteiger partial charge in [0.25, 0.3) is 5.91 Å². The van der Waals surface area contributed by atoms with E-state index in [0.717, 1.165) is 62.3 Å². The molecule has 168 valence electrons. The van der Waals surface area contributed by atoms with Crippen molar-refractivity contribution in [1.29, 1.82) is 0 Å². The number of carbonyl (C=O) groups is 2. The molecule has 7 nitrogen and oxygen atoms in total. The minimum Gasteiger partial charge on any atom is -0.371 e. The second kappa shape index (κ2) is 9.08. The number of halogens is 1. The second-order valence-corrected chi connectivity index (χ2v) is 9.21. The van der Waals surface area contributed by atoms with Crippen molar-refractivity contribution in [2.45, 2.75) is 31.7 Å². The molecule has 1 saturated carbocycles. The van der Waals surface area contributed by atoms with Crippen LogP contribution in [0.4, 0.5) is 11.4 Å². The number of nitrogens with one attached hydrogen (secondary N) is 2. The quantitative estimate of drug-likeness (QED) is 0.724. The second-order valence-electron chi connectivity index (χ2n) is 8.81. The predicted octanol–water partition coefficient (Wildman–Crippen LogP) is 3.47. The van der Waals surface area contributed by atoms with Crippen molar-refractivity contribution in [3.8, 4) is 0 Å². The van der Waals surface area contributed by atoms with E-state index in [1.807, 2.05) is 29.2 Å². The van der Waals surface area contributed by atoms with Crippen molar-refractivity contribution in [1.82, 2.24) is 15.2 Å². The van der Waals surface area contributed by atoms with Crippen LogP contribution >= 0.6 is 11.6 Å². The van der Waals surface area contributed by atoms with Crippen LogP contribution in [0, 0.1) is 5.92 Å². The average molecular weight is 454 g/mol.